The summed E-state index contributed by atoms with van der Waals surface area (Å²) in [5, 5.41) is 11.9. The van der Waals surface area contributed by atoms with E-state index in [1.165, 1.54) is 32.2 Å². The van der Waals surface area contributed by atoms with Crippen LogP contribution in [0.1, 0.15) is 59.3 Å². The Hall–Kier alpha value is -0.770. The maximum Gasteiger partial charge on any atom is 0.144 e. The molecule has 0 aromatic carbocycles. The van der Waals surface area contributed by atoms with E-state index in [0.29, 0.717) is 5.84 Å². The summed E-state index contributed by atoms with van der Waals surface area (Å²) >= 11 is 0. The zero-order valence-corrected chi connectivity index (χ0v) is 12.2. The standard InChI is InChI=1S/C14H29N3O/c1-4-12-8-5-6-10-17(12)11-7-9-14(2,3)13(15)16-18/h12,18H,4-11H2,1-3H3,(H2,15,16). The van der Waals surface area contributed by atoms with Crippen LogP contribution in [0.3, 0.4) is 0 Å². The van der Waals surface area contributed by atoms with E-state index in [0.717, 1.165) is 25.4 Å². The summed E-state index contributed by atoms with van der Waals surface area (Å²) in [5.74, 6) is 0.341. The van der Waals surface area contributed by atoms with Crippen LogP contribution in [0.25, 0.3) is 0 Å². The van der Waals surface area contributed by atoms with Gasteiger partial charge in [0, 0.05) is 11.5 Å². The predicted octanol–water partition coefficient (Wildman–Crippen LogP) is 2.80. The zero-order chi connectivity index (χ0) is 13.6. The lowest BCUT2D eigenvalue weighted by atomic mass is 9.86. The van der Waals surface area contributed by atoms with Crippen LogP contribution in [-0.4, -0.2) is 35.1 Å². The highest BCUT2D eigenvalue weighted by atomic mass is 16.4. The van der Waals surface area contributed by atoms with Crippen LogP contribution >= 0.6 is 0 Å². The maximum atomic E-state index is 8.75. The second-order valence-electron chi connectivity index (χ2n) is 6.07. The van der Waals surface area contributed by atoms with Crippen molar-refractivity contribution < 1.29 is 5.21 Å². The normalized spacial score (nSPS) is 23.3. The van der Waals surface area contributed by atoms with Gasteiger partial charge in [0.05, 0.1) is 0 Å². The third kappa shape index (κ3) is 4.16. The third-order valence-electron chi connectivity index (χ3n) is 4.27. The van der Waals surface area contributed by atoms with Crippen molar-refractivity contribution in [3.05, 3.63) is 0 Å². The minimum absolute atomic E-state index is 0.202. The number of nitrogens with two attached hydrogens (primary N) is 1. The van der Waals surface area contributed by atoms with Gasteiger partial charge < -0.3 is 15.8 Å². The molecule has 1 atom stereocenters. The molecular formula is C14H29N3O. The third-order valence-corrected chi connectivity index (χ3v) is 4.27. The molecule has 1 heterocycles. The van der Waals surface area contributed by atoms with Gasteiger partial charge >= 0.3 is 0 Å². The lowest BCUT2D eigenvalue weighted by molar-refractivity contribution is 0.138. The molecular weight excluding hydrogens is 226 g/mol. The van der Waals surface area contributed by atoms with E-state index < -0.39 is 0 Å². The first-order valence-electron chi connectivity index (χ1n) is 7.23. The molecule has 4 nitrogen and oxygen atoms in total. The van der Waals surface area contributed by atoms with Crippen LogP contribution in [0, 0.1) is 5.41 Å². The Morgan fingerprint density at radius 1 is 1.44 bits per heavy atom. The number of hydrogen-bond donors (Lipinski definition) is 2. The molecule has 0 radical (unpaired) electrons. The lowest BCUT2D eigenvalue weighted by Crippen LogP contribution is -2.40. The van der Waals surface area contributed by atoms with Gasteiger partial charge in [0.25, 0.3) is 0 Å². The molecule has 18 heavy (non-hydrogen) atoms. The zero-order valence-electron chi connectivity index (χ0n) is 12.2. The van der Waals surface area contributed by atoms with Gasteiger partial charge in [-0.15, -0.1) is 0 Å². The van der Waals surface area contributed by atoms with Gasteiger partial charge in [0.2, 0.25) is 0 Å². The van der Waals surface area contributed by atoms with Crippen molar-refractivity contribution in [2.45, 2.75) is 65.3 Å². The van der Waals surface area contributed by atoms with Crippen molar-refractivity contribution in [3.8, 4) is 0 Å². The van der Waals surface area contributed by atoms with Gasteiger partial charge in [0.15, 0.2) is 0 Å². The predicted molar refractivity (Wildman–Crippen MR) is 75.9 cm³/mol. The van der Waals surface area contributed by atoms with Gasteiger partial charge in [-0.1, -0.05) is 32.3 Å². The van der Waals surface area contributed by atoms with Crippen LogP contribution in [-0.2, 0) is 0 Å². The molecule has 0 spiro atoms. The molecule has 1 aliphatic heterocycles. The van der Waals surface area contributed by atoms with Gasteiger partial charge in [-0.25, -0.2) is 0 Å². The fourth-order valence-corrected chi connectivity index (χ4v) is 2.80. The molecule has 3 N–H and O–H groups in total. The van der Waals surface area contributed by atoms with Crippen LogP contribution in [0.5, 0.6) is 0 Å². The maximum absolute atomic E-state index is 8.75. The van der Waals surface area contributed by atoms with Crippen molar-refractivity contribution in [1.29, 1.82) is 0 Å². The van der Waals surface area contributed by atoms with Crippen LogP contribution in [0.2, 0.25) is 0 Å². The number of nitrogens with zero attached hydrogens (tertiary/aromatic N) is 2. The molecule has 0 bridgehead atoms. The first-order chi connectivity index (χ1) is 8.51. The van der Waals surface area contributed by atoms with Crippen LogP contribution < -0.4 is 5.73 Å². The quantitative estimate of drug-likeness (QED) is 0.332. The largest absolute Gasteiger partial charge is 0.409 e. The average Bonchev–Trinajstić information content (AvgIpc) is 2.38. The summed E-state index contributed by atoms with van der Waals surface area (Å²) in [5.41, 5.74) is 5.51. The molecule has 1 rings (SSSR count). The molecule has 0 aliphatic carbocycles. The molecule has 106 valence electrons. The second-order valence-corrected chi connectivity index (χ2v) is 6.07. The van der Waals surface area contributed by atoms with Crippen molar-refractivity contribution in [2.75, 3.05) is 13.1 Å². The van der Waals surface area contributed by atoms with E-state index in [4.69, 9.17) is 10.9 Å². The Balaban J connectivity index is 2.36. The number of rotatable bonds is 6. The monoisotopic (exact) mass is 255 g/mol. The van der Waals surface area contributed by atoms with Crippen molar-refractivity contribution in [3.63, 3.8) is 0 Å². The summed E-state index contributed by atoms with van der Waals surface area (Å²) in [7, 11) is 0. The topological polar surface area (TPSA) is 61.8 Å². The molecule has 4 heteroatoms. The van der Waals surface area contributed by atoms with Crippen molar-refractivity contribution in [1.82, 2.24) is 4.90 Å². The Labute approximate surface area is 111 Å². The first kappa shape index (κ1) is 15.3. The molecule has 1 aliphatic rings. The van der Waals surface area contributed by atoms with Crippen molar-refractivity contribution >= 4 is 5.84 Å². The first-order valence-corrected chi connectivity index (χ1v) is 7.23. The highest BCUT2D eigenvalue weighted by molar-refractivity contribution is 5.85. The Bertz CT molecular complexity index is 276. The number of likely N-dealkylation sites (tertiary alicyclic amines) is 1. The number of hydrogen-bond acceptors (Lipinski definition) is 3. The Morgan fingerprint density at radius 3 is 2.78 bits per heavy atom. The van der Waals surface area contributed by atoms with E-state index in [1.807, 2.05) is 13.8 Å². The van der Waals surface area contributed by atoms with Crippen LogP contribution in [0.15, 0.2) is 5.16 Å². The minimum atomic E-state index is -0.202. The fourth-order valence-electron chi connectivity index (χ4n) is 2.80. The summed E-state index contributed by atoms with van der Waals surface area (Å²) in [6.45, 7) is 8.73. The van der Waals surface area contributed by atoms with Gasteiger partial charge in [-0.3, -0.25) is 0 Å². The molecule has 0 aromatic rings. The van der Waals surface area contributed by atoms with Gasteiger partial charge in [-0.2, -0.15) is 0 Å². The van der Waals surface area contributed by atoms with E-state index in [9.17, 15) is 0 Å². The average molecular weight is 255 g/mol. The summed E-state index contributed by atoms with van der Waals surface area (Å²) in [4.78, 5) is 2.62. The summed E-state index contributed by atoms with van der Waals surface area (Å²) < 4.78 is 0. The van der Waals surface area contributed by atoms with E-state index in [2.05, 4.69) is 17.0 Å². The van der Waals surface area contributed by atoms with Crippen LogP contribution in [0.4, 0.5) is 0 Å². The minimum Gasteiger partial charge on any atom is -0.409 e. The summed E-state index contributed by atoms with van der Waals surface area (Å²) in [6.07, 6.45) is 7.39. The number of piperidine rings is 1. The molecule has 1 saturated heterocycles. The summed E-state index contributed by atoms with van der Waals surface area (Å²) in [6, 6.07) is 0.769. The highest BCUT2D eigenvalue weighted by Gasteiger charge is 2.25. The van der Waals surface area contributed by atoms with Crippen molar-refractivity contribution in [2.24, 2.45) is 16.3 Å². The second kappa shape index (κ2) is 6.98. The molecule has 1 fully saturated rings. The molecule has 0 saturated carbocycles. The number of oxime groups is 1. The SMILES string of the molecule is CCC1CCCCN1CCCC(C)(C)C(N)=NO. The molecule has 1 unspecified atom stereocenters. The van der Waals surface area contributed by atoms with E-state index in [-0.39, 0.29) is 5.41 Å². The smallest absolute Gasteiger partial charge is 0.144 e. The fraction of sp³-hybridized carbons (Fsp3) is 0.929. The van der Waals surface area contributed by atoms with Gasteiger partial charge in [0.1, 0.15) is 5.84 Å². The number of amidine groups is 1. The lowest BCUT2D eigenvalue weighted by Gasteiger charge is -2.36. The van der Waals surface area contributed by atoms with E-state index in [1.54, 1.807) is 0 Å². The van der Waals surface area contributed by atoms with E-state index >= 15 is 0 Å². The molecule has 0 aromatic heterocycles. The molecule has 0 amide bonds. The highest BCUT2D eigenvalue weighted by Crippen LogP contribution is 2.25. The van der Waals surface area contributed by atoms with Gasteiger partial charge in [-0.05, 0) is 45.2 Å². The Morgan fingerprint density at radius 2 is 2.17 bits per heavy atom. The Kier molecular flexibility index (Phi) is 5.93.